The van der Waals surface area contributed by atoms with Crippen LogP contribution in [0.25, 0.3) is 22.4 Å². The molecule has 4 aromatic rings. The van der Waals surface area contributed by atoms with Gasteiger partial charge in [-0.3, -0.25) is 9.48 Å². The number of ether oxygens (including phenoxy) is 1. The average molecular weight is 554 g/mol. The van der Waals surface area contributed by atoms with Crippen LogP contribution in [0, 0.1) is 6.92 Å². The lowest BCUT2D eigenvalue weighted by Crippen LogP contribution is -2.51. The summed E-state index contributed by atoms with van der Waals surface area (Å²) < 4.78 is 8.92. The molecule has 2 fully saturated rings. The number of amides is 1. The van der Waals surface area contributed by atoms with Crippen LogP contribution in [-0.4, -0.2) is 57.8 Å². The van der Waals surface area contributed by atoms with E-state index in [0.29, 0.717) is 18.8 Å². The van der Waals surface area contributed by atoms with Gasteiger partial charge in [0.15, 0.2) is 0 Å². The van der Waals surface area contributed by atoms with Gasteiger partial charge in [-0.2, -0.15) is 10.2 Å². The minimum absolute atomic E-state index is 0.0647. The van der Waals surface area contributed by atoms with Crippen molar-refractivity contribution in [2.45, 2.75) is 65.0 Å². The topological polar surface area (TPSA) is 89.2 Å². The lowest BCUT2D eigenvalue weighted by Gasteiger charge is -2.35. The molecule has 0 saturated carbocycles. The van der Waals surface area contributed by atoms with Crippen molar-refractivity contribution in [3.05, 3.63) is 77.7 Å². The molecule has 214 valence electrons. The number of fused-ring (bicyclic) bond motifs is 2. The number of methoxy groups -OCH3 is 1. The van der Waals surface area contributed by atoms with E-state index in [4.69, 9.17) is 9.84 Å². The number of rotatable bonds is 9. The number of aromatic nitrogens is 4. The maximum absolute atomic E-state index is 13.7. The molecule has 6 rings (SSSR count). The summed E-state index contributed by atoms with van der Waals surface area (Å²) in [6, 6.07) is 15.5. The summed E-state index contributed by atoms with van der Waals surface area (Å²) in [5, 5.41) is 16.1. The van der Waals surface area contributed by atoms with Crippen molar-refractivity contribution in [2.24, 2.45) is 0 Å². The van der Waals surface area contributed by atoms with E-state index in [2.05, 4.69) is 64.0 Å². The third-order valence-electron chi connectivity index (χ3n) is 8.34. The van der Waals surface area contributed by atoms with Gasteiger partial charge in [0, 0.05) is 73.6 Å². The molecular weight excluding hydrogens is 514 g/mol. The Balaban J connectivity index is 1.27. The van der Waals surface area contributed by atoms with Crippen LogP contribution < -0.4 is 15.5 Å². The van der Waals surface area contributed by atoms with Crippen molar-refractivity contribution in [3.63, 3.8) is 0 Å². The molecule has 9 heteroatoms. The third-order valence-corrected chi connectivity index (χ3v) is 8.34. The van der Waals surface area contributed by atoms with Gasteiger partial charge in [0.1, 0.15) is 6.73 Å². The van der Waals surface area contributed by atoms with Crippen LogP contribution in [0.3, 0.4) is 0 Å². The lowest BCUT2D eigenvalue weighted by atomic mass is 9.96. The Labute approximate surface area is 241 Å². The molecule has 3 atom stereocenters. The van der Waals surface area contributed by atoms with E-state index < -0.39 is 0 Å². The van der Waals surface area contributed by atoms with Gasteiger partial charge in [0.25, 0.3) is 5.91 Å². The van der Waals surface area contributed by atoms with E-state index >= 15 is 0 Å². The van der Waals surface area contributed by atoms with E-state index in [1.165, 1.54) is 12.8 Å². The molecule has 1 amide bonds. The smallest absolute Gasteiger partial charge is 0.252 e. The number of nitrogens with one attached hydrogen (secondary N) is 2. The van der Waals surface area contributed by atoms with Gasteiger partial charge < -0.3 is 20.3 Å². The summed E-state index contributed by atoms with van der Waals surface area (Å²) in [7, 11) is 1.65. The zero-order valence-electron chi connectivity index (χ0n) is 24.3. The van der Waals surface area contributed by atoms with Crippen molar-refractivity contribution in [2.75, 3.05) is 25.1 Å². The van der Waals surface area contributed by atoms with Gasteiger partial charge in [-0.05, 0) is 86.7 Å². The Morgan fingerprint density at radius 2 is 1.85 bits per heavy atom. The Hall–Kier alpha value is -3.95. The second kappa shape index (κ2) is 11.5. The molecule has 2 aliphatic heterocycles. The predicted molar refractivity (Wildman–Crippen MR) is 161 cm³/mol. The Bertz CT molecular complexity index is 1530. The minimum Gasteiger partial charge on any atom is -0.368 e. The number of carbonyl (C=O) groups is 1. The zero-order chi connectivity index (χ0) is 28.5. The fourth-order valence-electron chi connectivity index (χ4n) is 6.04. The largest absolute Gasteiger partial charge is 0.368 e. The van der Waals surface area contributed by atoms with E-state index in [-0.39, 0.29) is 11.9 Å². The SMILES string of the molecule is CCn1ccc(-c2cc(-c3cnn(COC)c3)cc([C@@H](C)NC(=O)c3cc(N4CC5CCC(C4)N5)ccc3C)c2)n1. The normalized spacial score (nSPS) is 19.0. The number of benzene rings is 2. The molecule has 4 heterocycles. The molecule has 2 N–H and O–H groups in total. The van der Waals surface area contributed by atoms with E-state index in [9.17, 15) is 4.79 Å². The summed E-state index contributed by atoms with van der Waals surface area (Å²) in [5.74, 6) is -0.0647. The van der Waals surface area contributed by atoms with E-state index in [1.54, 1.807) is 11.8 Å². The second-order valence-electron chi connectivity index (χ2n) is 11.3. The van der Waals surface area contributed by atoms with Gasteiger partial charge in [-0.25, -0.2) is 4.68 Å². The summed E-state index contributed by atoms with van der Waals surface area (Å²) in [6.07, 6.45) is 8.25. The monoisotopic (exact) mass is 553 g/mol. The quantitative estimate of drug-likeness (QED) is 0.310. The van der Waals surface area contributed by atoms with Gasteiger partial charge >= 0.3 is 0 Å². The Morgan fingerprint density at radius 1 is 1.07 bits per heavy atom. The molecule has 2 saturated heterocycles. The number of nitrogens with zero attached hydrogens (tertiary/aromatic N) is 5. The second-order valence-corrected chi connectivity index (χ2v) is 11.3. The summed E-state index contributed by atoms with van der Waals surface area (Å²) in [4.78, 5) is 16.1. The Morgan fingerprint density at radius 3 is 2.59 bits per heavy atom. The number of anilines is 1. The first-order valence-electron chi connectivity index (χ1n) is 14.5. The standard InChI is InChI=1S/C32H39N7O2/c1-5-38-11-10-31(36-38)25-13-23(12-24(14-25)26-16-33-39(17-26)20-41-4)22(3)34-32(40)30-15-29(9-6-21(30)2)37-18-27-7-8-28(19-37)35-27/h6,9-17,22,27-28,35H,5,7-8,18-20H2,1-4H3,(H,34,40)/t22-,27?,28?/m1/s1. The predicted octanol–water partition coefficient (Wildman–Crippen LogP) is 4.78. The maximum atomic E-state index is 13.7. The Kier molecular flexibility index (Phi) is 7.64. The van der Waals surface area contributed by atoms with Crippen LogP contribution in [0.5, 0.6) is 0 Å². The molecule has 0 radical (unpaired) electrons. The highest BCUT2D eigenvalue weighted by Gasteiger charge is 2.32. The van der Waals surface area contributed by atoms with Crippen molar-refractivity contribution >= 4 is 11.6 Å². The van der Waals surface area contributed by atoms with Crippen LogP contribution in [-0.2, 0) is 18.0 Å². The van der Waals surface area contributed by atoms with Crippen LogP contribution in [0.4, 0.5) is 5.69 Å². The summed E-state index contributed by atoms with van der Waals surface area (Å²) >= 11 is 0. The summed E-state index contributed by atoms with van der Waals surface area (Å²) in [5.41, 5.74) is 7.70. The molecule has 2 aliphatic rings. The van der Waals surface area contributed by atoms with Crippen LogP contribution in [0.2, 0.25) is 0 Å². The maximum Gasteiger partial charge on any atom is 0.252 e. The van der Waals surface area contributed by atoms with E-state index in [1.807, 2.05) is 43.2 Å². The first-order valence-corrected chi connectivity index (χ1v) is 14.5. The highest BCUT2D eigenvalue weighted by atomic mass is 16.5. The molecule has 41 heavy (non-hydrogen) atoms. The van der Waals surface area contributed by atoms with Gasteiger partial charge in [0.05, 0.1) is 17.9 Å². The van der Waals surface area contributed by atoms with Crippen LogP contribution in [0.15, 0.2) is 61.1 Å². The zero-order valence-corrected chi connectivity index (χ0v) is 24.3. The van der Waals surface area contributed by atoms with Gasteiger partial charge in [-0.15, -0.1) is 0 Å². The molecule has 2 aromatic heterocycles. The van der Waals surface area contributed by atoms with Crippen molar-refractivity contribution < 1.29 is 9.53 Å². The molecule has 2 unspecified atom stereocenters. The van der Waals surface area contributed by atoms with Crippen LogP contribution >= 0.6 is 0 Å². The van der Waals surface area contributed by atoms with Gasteiger partial charge in [-0.1, -0.05) is 6.07 Å². The fraction of sp³-hybridized carbons (Fsp3) is 0.406. The first-order chi connectivity index (χ1) is 19.9. The van der Waals surface area contributed by atoms with Gasteiger partial charge in [0.2, 0.25) is 0 Å². The number of aryl methyl sites for hydroxylation is 2. The lowest BCUT2D eigenvalue weighted by molar-refractivity contribution is 0.0939. The highest BCUT2D eigenvalue weighted by Crippen LogP contribution is 2.31. The number of hydrogen-bond donors (Lipinski definition) is 2. The number of carbonyl (C=O) groups excluding carboxylic acids is 1. The average Bonchev–Trinajstić information content (AvgIpc) is 3.73. The third kappa shape index (κ3) is 5.78. The van der Waals surface area contributed by atoms with E-state index in [0.717, 1.165) is 64.4 Å². The van der Waals surface area contributed by atoms with Crippen LogP contribution in [0.1, 0.15) is 54.2 Å². The molecular formula is C32H39N7O2. The van der Waals surface area contributed by atoms with Crippen molar-refractivity contribution in [3.8, 4) is 22.4 Å². The number of hydrogen-bond acceptors (Lipinski definition) is 6. The molecule has 0 spiro atoms. The first kappa shape index (κ1) is 27.2. The van der Waals surface area contributed by atoms with Crippen molar-refractivity contribution in [1.29, 1.82) is 0 Å². The molecule has 2 bridgehead atoms. The number of piperazine rings is 1. The molecule has 0 aliphatic carbocycles. The summed E-state index contributed by atoms with van der Waals surface area (Å²) in [6.45, 7) is 9.27. The minimum atomic E-state index is -0.221. The molecule has 2 aromatic carbocycles. The highest BCUT2D eigenvalue weighted by molar-refractivity contribution is 5.97. The van der Waals surface area contributed by atoms with Crippen molar-refractivity contribution in [1.82, 2.24) is 30.2 Å². The fourth-order valence-corrected chi connectivity index (χ4v) is 6.04. The molecule has 9 nitrogen and oxygen atoms in total.